The van der Waals surface area contributed by atoms with Crippen LogP contribution >= 0.6 is 0 Å². The summed E-state index contributed by atoms with van der Waals surface area (Å²) in [5.74, 6) is 0.498. The van der Waals surface area contributed by atoms with Crippen molar-refractivity contribution in [3.8, 4) is 0 Å². The highest BCUT2D eigenvalue weighted by atomic mass is 16.3. The van der Waals surface area contributed by atoms with Gasteiger partial charge in [-0.2, -0.15) is 5.32 Å². The molecule has 7 heavy (non-hydrogen) atoms. The van der Waals surface area contributed by atoms with Crippen LogP contribution in [0.5, 0.6) is 0 Å². The van der Waals surface area contributed by atoms with E-state index in [1.165, 1.54) is 0 Å². The standard InChI is InChI=1S/C3H4N3O/c1-2-4-3(7)6-5-2/h1H3,(H,6,7). The van der Waals surface area contributed by atoms with Crippen molar-refractivity contribution in [2.24, 2.45) is 10.2 Å². The van der Waals surface area contributed by atoms with Gasteiger partial charge in [0.2, 0.25) is 0 Å². The molecule has 1 heterocycles. The summed E-state index contributed by atoms with van der Waals surface area (Å²) in [6.45, 7) is 1.66. The average Bonchev–Trinajstić information content (AvgIpc) is 1.87. The van der Waals surface area contributed by atoms with E-state index in [2.05, 4.69) is 15.5 Å². The molecule has 0 saturated heterocycles. The minimum absolute atomic E-state index is 0.252. The van der Waals surface area contributed by atoms with Gasteiger partial charge in [-0.25, -0.2) is 0 Å². The highest BCUT2D eigenvalue weighted by Gasteiger charge is 2.04. The second kappa shape index (κ2) is 1.22. The fraction of sp³-hybridized carbons (Fsp3) is 0.333. The molecule has 0 aliphatic carbocycles. The quantitative estimate of drug-likeness (QED) is 0.450. The van der Waals surface area contributed by atoms with E-state index in [0.717, 1.165) is 0 Å². The third kappa shape index (κ3) is 0.677. The van der Waals surface area contributed by atoms with E-state index < -0.39 is 0 Å². The Morgan fingerprint density at radius 2 is 2.14 bits per heavy atom. The molecular formula is C3H4N3O. The van der Waals surface area contributed by atoms with Crippen LogP contribution in [-0.4, -0.2) is 17.0 Å². The molecule has 0 aromatic carbocycles. The number of aliphatic hydroxyl groups excluding tert-OH is 1. The molecule has 0 aromatic rings. The van der Waals surface area contributed by atoms with Crippen LogP contribution in [0.25, 0.3) is 0 Å². The van der Waals surface area contributed by atoms with Crippen LogP contribution < -0.4 is 5.32 Å². The Kier molecular flexibility index (Phi) is 0.714. The molecule has 1 aliphatic rings. The number of nitrogens with zero attached hydrogens (tertiary/aromatic N) is 3. The summed E-state index contributed by atoms with van der Waals surface area (Å²) in [7, 11) is 0. The Hall–Kier alpha value is -1.06. The molecule has 0 atom stereocenters. The Morgan fingerprint density at radius 1 is 1.43 bits per heavy atom. The first kappa shape index (κ1) is 4.11. The van der Waals surface area contributed by atoms with Crippen molar-refractivity contribution >= 4 is 11.9 Å². The third-order valence-corrected chi connectivity index (χ3v) is 0.546. The van der Waals surface area contributed by atoms with E-state index in [4.69, 9.17) is 5.11 Å². The number of rotatable bonds is 0. The van der Waals surface area contributed by atoms with Crippen LogP contribution in [0.4, 0.5) is 0 Å². The first-order valence-electron chi connectivity index (χ1n) is 1.82. The number of aliphatic hydroxyl groups is 1. The lowest BCUT2D eigenvalue weighted by Gasteiger charge is -1.81. The van der Waals surface area contributed by atoms with Crippen LogP contribution in [0, 0.1) is 0 Å². The molecule has 37 valence electrons. The van der Waals surface area contributed by atoms with E-state index in [-0.39, 0.29) is 6.02 Å². The van der Waals surface area contributed by atoms with Crippen LogP contribution in [0.2, 0.25) is 0 Å². The first-order chi connectivity index (χ1) is 3.29. The molecule has 0 fully saturated rings. The van der Waals surface area contributed by atoms with Crippen molar-refractivity contribution in [3.63, 3.8) is 0 Å². The Labute approximate surface area is 40.6 Å². The van der Waals surface area contributed by atoms with E-state index in [1.54, 1.807) is 6.92 Å². The van der Waals surface area contributed by atoms with E-state index in [0.29, 0.717) is 5.84 Å². The predicted molar refractivity (Wildman–Crippen MR) is 25.3 cm³/mol. The summed E-state index contributed by atoms with van der Waals surface area (Å²) in [6, 6.07) is -0.252. The molecule has 4 nitrogen and oxygen atoms in total. The maximum atomic E-state index is 8.37. The molecule has 1 rings (SSSR count). The summed E-state index contributed by atoms with van der Waals surface area (Å²) in [4.78, 5) is 0. The number of hydrogen-bond donors (Lipinski definition) is 1. The van der Waals surface area contributed by atoms with Crippen LogP contribution in [0.15, 0.2) is 10.2 Å². The highest BCUT2D eigenvalue weighted by molar-refractivity contribution is 5.97. The van der Waals surface area contributed by atoms with Crippen molar-refractivity contribution in [1.82, 2.24) is 5.32 Å². The molecule has 1 N–H and O–H groups in total. The average molecular weight is 98.1 g/mol. The molecule has 1 aliphatic heterocycles. The minimum atomic E-state index is -0.252. The van der Waals surface area contributed by atoms with Gasteiger partial charge in [-0.3, -0.25) is 0 Å². The van der Waals surface area contributed by atoms with Gasteiger partial charge in [0, 0.05) is 0 Å². The van der Waals surface area contributed by atoms with Gasteiger partial charge in [-0.05, 0) is 6.92 Å². The zero-order chi connectivity index (χ0) is 5.28. The molecule has 0 spiro atoms. The van der Waals surface area contributed by atoms with Crippen LogP contribution in [0.3, 0.4) is 0 Å². The topological polar surface area (TPSA) is 59.1 Å². The highest BCUT2D eigenvalue weighted by Crippen LogP contribution is 1.86. The monoisotopic (exact) mass is 98.0 g/mol. The molecule has 0 amide bonds. The summed E-state index contributed by atoms with van der Waals surface area (Å²) < 4.78 is 0. The lowest BCUT2D eigenvalue weighted by atomic mass is 10.7. The van der Waals surface area contributed by atoms with Crippen molar-refractivity contribution in [1.29, 1.82) is 0 Å². The van der Waals surface area contributed by atoms with Gasteiger partial charge < -0.3 is 5.11 Å². The molecule has 1 radical (unpaired) electrons. The van der Waals surface area contributed by atoms with Gasteiger partial charge in [-0.15, -0.1) is 5.10 Å². The molecule has 4 heteroatoms. The van der Waals surface area contributed by atoms with Crippen molar-refractivity contribution in [2.75, 3.05) is 0 Å². The minimum Gasteiger partial charge on any atom is -0.478 e. The van der Waals surface area contributed by atoms with Gasteiger partial charge in [0.1, 0.15) is 0 Å². The lowest BCUT2D eigenvalue weighted by molar-refractivity contribution is 0.532. The van der Waals surface area contributed by atoms with E-state index in [9.17, 15) is 0 Å². The summed E-state index contributed by atoms with van der Waals surface area (Å²) in [6.07, 6.45) is 0. The lowest BCUT2D eigenvalue weighted by Crippen LogP contribution is -2.13. The molecule has 0 bridgehead atoms. The van der Waals surface area contributed by atoms with Crippen molar-refractivity contribution in [2.45, 2.75) is 6.92 Å². The predicted octanol–water partition coefficient (Wildman–Crippen LogP) is -0.148. The SMILES string of the molecule is CC1=NN=C(O)[N]1. The fourth-order valence-electron chi connectivity index (χ4n) is 0.307. The smallest absolute Gasteiger partial charge is 0.334 e. The van der Waals surface area contributed by atoms with E-state index >= 15 is 0 Å². The van der Waals surface area contributed by atoms with Crippen molar-refractivity contribution in [3.05, 3.63) is 0 Å². The molecular weight excluding hydrogens is 94.1 g/mol. The molecule has 0 aromatic heterocycles. The Morgan fingerprint density at radius 3 is 2.29 bits per heavy atom. The number of hydrogen-bond acceptors (Lipinski definition) is 2. The Balaban J connectivity index is 2.61. The maximum Gasteiger partial charge on any atom is 0.334 e. The normalized spacial score (nSPS) is 17.9. The largest absolute Gasteiger partial charge is 0.478 e. The van der Waals surface area contributed by atoms with Gasteiger partial charge in [0.15, 0.2) is 5.84 Å². The summed E-state index contributed by atoms with van der Waals surface area (Å²) >= 11 is 0. The van der Waals surface area contributed by atoms with Gasteiger partial charge in [0.25, 0.3) is 0 Å². The zero-order valence-electron chi connectivity index (χ0n) is 3.79. The van der Waals surface area contributed by atoms with Crippen LogP contribution in [-0.2, 0) is 0 Å². The Bertz CT molecular complexity index is 121. The molecule has 0 unspecified atom stereocenters. The maximum absolute atomic E-state index is 8.37. The van der Waals surface area contributed by atoms with Gasteiger partial charge in [0.05, 0.1) is 0 Å². The van der Waals surface area contributed by atoms with Crippen LogP contribution in [0.1, 0.15) is 6.92 Å². The zero-order valence-corrected chi connectivity index (χ0v) is 3.79. The molecule has 0 saturated carbocycles. The summed E-state index contributed by atoms with van der Waals surface area (Å²) in [5.41, 5.74) is 0. The second-order valence-corrected chi connectivity index (χ2v) is 1.16. The fourth-order valence-corrected chi connectivity index (χ4v) is 0.307. The van der Waals surface area contributed by atoms with E-state index in [1.807, 2.05) is 0 Å². The van der Waals surface area contributed by atoms with Gasteiger partial charge >= 0.3 is 6.02 Å². The van der Waals surface area contributed by atoms with Gasteiger partial charge in [-0.1, -0.05) is 5.10 Å². The second-order valence-electron chi connectivity index (χ2n) is 1.16. The van der Waals surface area contributed by atoms with Crippen molar-refractivity contribution < 1.29 is 5.11 Å². The number of amidine groups is 2. The third-order valence-electron chi connectivity index (χ3n) is 0.546. The first-order valence-corrected chi connectivity index (χ1v) is 1.82. The summed E-state index contributed by atoms with van der Waals surface area (Å²) in [5, 5.41) is 18.4.